The van der Waals surface area contributed by atoms with Gasteiger partial charge in [-0.2, -0.15) is 4.98 Å². The van der Waals surface area contributed by atoms with E-state index in [-0.39, 0.29) is 42.1 Å². The lowest BCUT2D eigenvalue weighted by atomic mass is 10.1. The first-order valence-electron chi connectivity index (χ1n) is 9.65. The third-order valence-electron chi connectivity index (χ3n) is 4.53. The zero-order valence-corrected chi connectivity index (χ0v) is 17.2. The molecule has 0 spiro atoms. The average molecular weight is 455 g/mol. The fourth-order valence-corrected chi connectivity index (χ4v) is 2.83. The van der Waals surface area contributed by atoms with Crippen molar-refractivity contribution in [1.29, 1.82) is 0 Å². The number of nitrogen functional groups attached to an aromatic ring is 1. The Balaban J connectivity index is 1.61. The fourth-order valence-electron chi connectivity index (χ4n) is 2.83. The van der Waals surface area contributed by atoms with Crippen LogP contribution in [-0.2, 0) is 16.1 Å². The summed E-state index contributed by atoms with van der Waals surface area (Å²) in [5, 5.41) is 14.7. The van der Waals surface area contributed by atoms with Gasteiger partial charge in [-0.25, -0.2) is 20.6 Å². The molecule has 3 rings (SSSR count). The van der Waals surface area contributed by atoms with E-state index in [1.54, 1.807) is 12.1 Å². The van der Waals surface area contributed by atoms with Gasteiger partial charge >= 0.3 is 5.97 Å². The molecule has 172 valence electrons. The standard InChI is InChI=1S/C19H21N9O5/c20-19-26-15-14(17(31)27-19)24-11(8-23-15)7-22-10-3-1-9(2-4-10)16(30)25-12(18(32)33)5-6-13(29)28-21/h1-4,8,12,22H,5-7,21H2,(H,25,30)(H,28,29)(H,32,33)(H3,20,23,26,27,31)/t12-/m0/s1. The quantitative estimate of drug-likeness (QED) is 0.116. The average Bonchev–Trinajstić information content (AvgIpc) is 2.80. The molecular formula is C19H21N9O5. The van der Waals surface area contributed by atoms with Crippen molar-refractivity contribution in [2.45, 2.75) is 25.4 Å². The number of nitrogens with one attached hydrogen (secondary N) is 4. The number of nitrogens with two attached hydrogens (primary N) is 2. The SMILES string of the molecule is NNC(=O)CC[C@H](NC(=O)c1ccc(NCc2cnc3nc(N)[nH]c(=O)c3n2)cc1)C(=O)O. The molecule has 14 heteroatoms. The van der Waals surface area contributed by atoms with Gasteiger partial charge in [0.15, 0.2) is 11.2 Å². The van der Waals surface area contributed by atoms with Gasteiger partial charge in [0.1, 0.15) is 6.04 Å². The van der Waals surface area contributed by atoms with Crippen LogP contribution in [0.2, 0.25) is 0 Å². The van der Waals surface area contributed by atoms with Crippen LogP contribution in [0.5, 0.6) is 0 Å². The number of carbonyl (C=O) groups is 3. The number of fused-ring (bicyclic) bond motifs is 1. The highest BCUT2D eigenvalue weighted by Crippen LogP contribution is 2.12. The van der Waals surface area contributed by atoms with Gasteiger partial charge in [-0.05, 0) is 30.7 Å². The van der Waals surface area contributed by atoms with Crippen molar-refractivity contribution in [2.24, 2.45) is 5.84 Å². The number of amides is 2. The number of hydrogen-bond donors (Lipinski definition) is 7. The molecule has 2 heterocycles. The first kappa shape index (κ1) is 23.1. The number of rotatable bonds is 9. The van der Waals surface area contributed by atoms with Crippen LogP contribution in [0.15, 0.2) is 35.3 Å². The zero-order chi connectivity index (χ0) is 24.0. The predicted octanol–water partition coefficient (Wildman–Crippen LogP) is -1.14. The van der Waals surface area contributed by atoms with E-state index >= 15 is 0 Å². The maximum Gasteiger partial charge on any atom is 0.326 e. The van der Waals surface area contributed by atoms with Gasteiger partial charge in [-0.3, -0.25) is 24.8 Å². The summed E-state index contributed by atoms with van der Waals surface area (Å²) in [6.45, 7) is 0.239. The molecule has 1 atom stereocenters. The Bertz CT molecular complexity index is 1240. The third-order valence-corrected chi connectivity index (χ3v) is 4.53. The van der Waals surface area contributed by atoms with Gasteiger partial charge in [0.25, 0.3) is 11.5 Å². The maximum atomic E-state index is 12.4. The first-order chi connectivity index (χ1) is 15.8. The number of benzene rings is 1. The third kappa shape index (κ3) is 5.98. The van der Waals surface area contributed by atoms with Crippen LogP contribution in [0.3, 0.4) is 0 Å². The molecule has 1 aromatic carbocycles. The van der Waals surface area contributed by atoms with Crippen LogP contribution in [0, 0.1) is 0 Å². The monoisotopic (exact) mass is 455 g/mol. The number of aliphatic carboxylic acids is 1. The number of carboxylic acids is 1. The molecule has 14 nitrogen and oxygen atoms in total. The minimum absolute atomic E-state index is 0.0486. The lowest BCUT2D eigenvalue weighted by Crippen LogP contribution is -2.42. The number of carbonyl (C=O) groups excluding carboxylic acids is 2. The van der Waals surface area contributed by atoms with E-state index in [4.69, 9.17) is 11.6 Å². The van der Waals surface area contributed by atoms with Gasteiger partial charge in [-0.15, -0.1) is 0 Å². The summed E-state index contributed by atoms with van der Waals surface area (Å²) >= 11 is 0. The Morgan fingerprint density at radius 2 is 1.88 bits per heavy atom. The highest BCUT2D eigenvalue weighted by molar-refractivity contribution is 5.97. The van der Waals surface area contributed by atoms with Crippen molar-refractivity contribution in [3.63, 3.8) is 0 Å². The number of H-pyrrole nitrogens is 1. The molecule has 3 aromatic rings. The van der Waals surface area contributed by atoms with Gasteiger partial charge in [0.05, 0.1) is 18.4 Å². The van der Waals surface area contributed by atoms with Gasteiger partial charge < -0.3 is 21.5 Å². The predicted molar refractivity (Wildman–Crippen MR) is 117 cm³/mol. The highest BCUT2D eigenvalue weighted by Gasteiger charge is 2.21. The largest absolute Gasteiger partial charge is 0.480 e. The summed E-state index contributed by atoms with van der Waals surface area (Å²) in [5.74, 6) is 2.52. The van der Waals surface area contributed by atoms with E-state index < -0.39 is 29.4 Å². The van der Waals surface area contributed by atoms with Gasteiger partial charge in [0.2, 0.25) is 11.9 Å². The lowest BCUT2D eigenvalue weighted by molar-refractivity contribution is -0.139. The van der Waals surface area contributed by atoms with E-state index in [1.165, 1.54) is 18.3 Å². The topological polar surface area (TPSA) is 231 Å². The van der Waals surface area contributed by atoms with E-state index in [1.807, 2.05) is 5.43 Å². The molecule has 0 radical (unpaired) electrons. The van der Waals surface area contributed by atoms with Crippen LogP contribution in [0.4, 0.5) is 11.6 Å². The molecule has 0 bridgehead atoms. The summed E-state index contributed by atoms with van der Waals surface area (Å²) in [7, 11) is 0. The highest BCUT2D eigenvalue weighted by atomic mass is 16.4. The summed E-state index contributed by atoms with van der Waals surface area (Å²) in [4.78, 5) is 61.4. The summed E-state index contributed by atoms with van der Waals surface area (Å²) in [5.41, 5.74) is 8.44. The van der Waals surface area contributed by atoms with Crippen molar-refractivity contribution in [1.82, 2.24) is 30.7 Å². The molecule has 0 aliphatic rings. The minimum Gasteiger partial charge on any atom is -0.480 e. The molecule has 0 fully saturated rings. The number of aromatic nitrogens is 4. The second-order valence-corrected chi connectivity index (χ2v) is 6.89. The molecule has 2 amide bonds. The Labute approximate surface area is 185 Å². The first-order valence-corrected chi connectivity index (χ1v) is 9.65. The summed E-state index contributed by atoms with van der Waals surface area (Å²) in [6, 6.07) is 5.01. The Morgan fingerprint density at radius 3 is 2.55 bits per heavy atom. The van der Waals surface area contributed by atoms with E-state index in [2.05, 4.69) is 30.6 Å². The maximum absolute atomic E-state index is 12.4. The number of hydrazine groups is 1. The van der Waals surface area contributed by atoms with Gasteiger partial charge in [0, 0.05) is 17.7 Å². The van der Waals surface area contributed by atoms with Crippen LogP contribution in [-0.4, -0.2) is 48.9 Å². The van der Waals surface area contributed by atoms with Gasteiger partial charge in [-0.1, -0.05) is 0 Å². The molecule has 9 N–H and O–H groups in total. The van der Waals surface area contributed by atoms with Crippen LogP contribution in [0.1, 0.15) is 28.9 Å². The smallest absolute Gasteiger partial charge is 0.326 e. The van der Waals surface area contributed by atoms with Crippen molar-refractivity contribution < 1.29 is 19.5 Å². The number of anilines is 2. The van der Waals surface area contributed by atoms with E-state index in [0.29, 0.717) is 11.4 Å². The molecular weight excluding hydrogens is 434 g/mol. The zero-order valence-electron chi connectivity index (χ0n) is 17.2. The summed E-state index contributed by atoms with van der Waals surface area (Å²) < 4.78 is 0. The number of aromatic amines is 1. The van der Waals surface area contributed by atoms with Crippen LogP contribution >= 0.6 is 0 Å². The Morgan fingerprint density at radius 1 is 1.15 bits per heavy atom. The van der Waals surface area contributed by atoms with Crippen LogP contribution in [0.25, 0.3) is 11.2 Å². The van der Waals surface area contributed by atoms with E-state index in [9.17, 15) is 24.3 Å². The molecule has 2 aromatic heterocycles. The summed E-state index contributed by atoms with van der Waals surface area (Å²) in [6.07, 6.45) is 1.20. The minimum atomic E-state index is -1.26. The second-order valence-electron chi connectivity index (χ2n) is 6.89. The Hall–Kier alpha value is -4.59. The second kappa shape index (κ2) is 10.1. The van der Waals surface area contributed by atoms with E-state index in [0.717, 1.165) is 0 Å². The van der Waals surface area contributed by atoms with Crippen molar-refractivity contribution in [3.05, 3.63) is 52.1 Å². The number of hydrogen-bond acceptors (Lipinski definition) is 10. The normalized spacial score (nSPS) is 11.5. The molecule has 0 unspecified atom stereocenters. The fraction of sp³-hybridized carbons (Fsp3) is 0.211. The molecule has 0 saturated heterocycles. The molecule has 0 aliphatic carbocycles. The van der Waals surface area contributed by atoms with Crippen molar-refractivity contribution >= 4 is 40.6 Å². The Kier molecular flexibility index (Phi) is 7.10. The number of nitrogens with zero attached hydrogens (tertiary/aromatic N) is 3. The van der Waals surface area contributed by atoms with Crippen molar-refractivity contribution in [2.75, 3.05) is 11.1 Å². The number of carboxylic acid groups (broad SMARTS) is 1. The molecule has 0 aliphatic heterocycles. The van der Waals surface area contributed by atoms with Crippen molar-refractivity contribution in [3.8, 4) is 0 Å². The van der Waals surface area contributed by atoms with Crippen LogP contribution < -0.4 is 33.2 Å². The lowest BCUT2D eigenvalue weighted by Gasteiger charge is -2.14. The molecule has 0 saturated carbocycles. The molecule has 33 heavy (non-hydrogen) atoms.